The van der Waals surface area contributed by atoms with E-state index in [1.54, 1.807) is 0 Å². The molecule has 8 heteroatoms. The van der Waals surface area contributed by atoms with Crippen molar-refractivity contribution in [2.75, 3.05) is 0 Å². The van der Waals surface area contributed by atoms with Crippen LogP contribution in [0.4, 0.5) is 4.39 Å². The highest BCUT2D eigenvalue weighted by atomic mass is 32.2. The van der Waals surface area contributed by atoms with Gasteiger partial charge in [0.1, 0.15) is 16.3 Å². The molecule has 0 fully saturated rings. The first kappa shape index (κ1) is 26.5. The van der Waals surface area contributed by atoms with E-state index in [9.17, 15) is 4.55 Å². The van der Waals surface area contributed by atoms with Gasteiger partial charge < -0.3 is 9.08 Å². The Morgan fingerprint density at radius 1 is 1.08 bits per heavy atom. The fraction of sp³-hybridized carbons (Fsp3) is 0.357. The number of rotatable bonds is 7. The molecular formula is C28H34FN3O2SSi. The summed E-state index contributed by atoms with van der Waals surface area (Å²) in [5.41, 5.74) is 4.29. The van der Waals surface area contributed by atoms with Crippen LogP contribution in [0.5, 0.6) is 0 Å². The van der Waals surface area contributed by atoms with Gasteiger partial charge in [-0.25, -0.2) is 4.39 Å². The quantitative estimate of drug-likeness (QED) is 0.230. The molecule has 36 heavy (non-hydrogen) atoms. The first-order valence-corrected chi connectivity index (χ1v) is 16.8. The number of halogens is 1. The Hall–Kier alpha value is -2.52. The number of nitrogens with one attached hydrogen (secondary N) is 1. The molecule has 0 saturated heterocycles. The minimum atomic E-state index is -1.94. The van der Waals surface area contributed by atoms with E-state index >= 15 is 4.39 Å². The van der Waals surface area contributed by atoms with Crippen molar-refractivity contribution in [3.63, 3.8) is 0 Å². The highest BCUT2D eigenvalue weighted by Crippen LogP contribution is 2.35. The van der Waals surface area contributed by atoms with Crippen molar-refractivity contribution in [1.29, 1.82) is 0 Å². The summed E-state index contributed by atoms with van der Waals surface area (Å²) in [5.74, 6) is -0.252. The highest BCUT2D eigenvalue weighted by Gasteiger charge is 2.33. The lowest BCUT2D eigenvalue weighted by molar-refractivity contribution is 0.459. The maximum absolute atomic E-state index is 15.8. The Labute approximate surface area is 216 Å². The number of pyridine rings is 1. The Kier molecular flexibility index (Phi) is 7.44. The third-order valence-corrected chi connectivity index (χ3v) is 9.72. The molecule has 4 aromatic rings. The van der Waals surface area contributed by atoms with E-state index < -0.39 is 30.2 Å². The van der Waals surface area contributed by atoms with Gasteiger partial charge in [-0.05, 0) is 56.6 Å². The maximum Gasteiger partial charge on any atom is 0.167 e. The van der Waals surface area contributed by atoms with Crippen molar-refractivity contribution in [1.82, 2.24) is 14.9 Å². The Balaban J connectivity index is 1.85. The second-order valence-corrected chi connectivity index (χ2v) is 18.2. The molecule has 1 N–H and O–H groups in total. The van der Waals surface area contributed by atoms with Crippen LogP contribution in [0, 0.1) is 12.7 Å². The molecule has 2 heterocycles. The minimum Gasteiger partial charge on any atom is -0.598 e. The van der Waals surface area contributed by atoms with Crippen LogP contribution >= 0.6 is 0 Å². The lowest BCUT2D eigenvalue weighted by atomic mass is 9.94. The third-order valence-electron chi connectivity index (χ3n) is 6.13. The Morgan fingerprint density at radius 3 is 2.44 bits per heavy atom. The fourth-order valence-electron chi connectivity index (χ4n) is 4.21. The van der Waals surface area contributed by atoms with E-state index in [2.05, 4.69) is 34.5 Å². The van der Waals surface area contributed by atoms with E-state index in [-0.39, 0.29) is 12.2 Å². The van der Waals surface area contributed by atoms with E-state index in [1.807, 2.05) is 82.3 Å². The van der Waals surface area contributed by atoms with E-state index in [4.69, 9.17) is 4.52 Å². The molecule has 5 nitrogen and oxygen atoms in total. The molecule has 0 aliphatic carbocycles. The molecule has 190 valence electrons. The van der Waals surface area contributed by atoms with E-state index in [0.29, 0.717) is 17.0 Å². The SMILES string of the molecule is Cc1cc([Si](C)(C)C)c(F)c(C[C@H](N[S@@+]([O-])C(C)(C)C)c2ccccc2-c2noc3ccccc23)n1. The second kappa shape index (κ2) is 10.1. The van der Waals surface area contributed by atoms with Crippen molar-refractivity contribution < 1.29 is 13.5 Å². The summed E-state index contributed by atoms with van der Waals surface area (Å²) in [6, 6.07) is 16.9. The topological polar surface area (TPSA) is 74.0 Å². The normalized spacial score (nSPS) is 14.2. The largest absolute Gasteiger partial charge is 0.598 e. The third kappa shape index (κ3) is 5.57. The first-order valence-electron chi connectivity index (χ1n) is 12.1. The molecule has 0 amide bonds. The molecule has 2 aromatic heterocycles. The molecule has 0 spiro atoms. The molecule has 0 bridgehead atoms. The van der Waals surface area contributed by atoms with Crippen molar-refractivity contribution in [3.8, 4) is 11.3 Å². The number of benzene rings is 2. The lowest BCUT2D eigenvalue weighted by Crippen LogP contribution is -2.43. The number of aromatic nitrogens is 2. The second-order valence-electron chi connectivity index (χ2n) is 11.2. The maximum atomic E-state index is 15.8. The summed E-state index contributed by atoms with van der Waals surface area (Å²) in [5, 5.41) is 6.01. The predicted molar refractivity (Wildman–Crippen MR) is 149 cm³/mol. The van der Waals surface area contributed by atoms with Crippen molar-refractivity contribution >= 4 is 35.6 Å². The van der Waals surface area contributed by atoms with Gasteiger partial charge in [-0.15, -0.1) is 4.72 Å². The van der Waals surface area contributed by atoms with Crippen LogP contribution in [-0.4, -0.2) is 27.5 Å². The number of nitrogens with zero attached hydrogens (tertiary/aromatic N) is 2. The van der Waals surface area contributed by atoms with Crippen LogP contribution in [0.1, 0.15) is 43.8 Å². The summed E-state index contributed by atoms with van der Waals surface area (Å²) in [6.07, 6.45) is 0.250. The van der Waals surface area contributed by atoms with Crippen molar-refractivity contribution in [2.24, 2.45) is 0 Å². The zero-order chi connectivity index (χ0) is 26.3. The average molecular weight is 524 g/mol. The molecular weight excluding hydrogens is 489 g/mol. The summed E-state index contributed by atoms with van der Waals surface area (Å²) in [6.45, 7) is 14.0. The smallest absolute Gasteiger partial charge is 0.167 e. The lowest BCUT2D eigenvalue weighted by Gasteiger charge is -2.29. The van der Waals surface area contributed by atoms with E-state index in [0.717, 1.165) is 27.4 Å². The van der Waals surface area contributed by atoms with Crippen LogP contribution in [0.3, 0.4) is 0 Å². The molecule has 0 saturated carbocycles. The number of hydrogen-bond acceptors (Lipinski definition) is 5. The molecule has 2 aromatic carbocycles. The van der Waals surface area contributed by atoms with Crippen LogP contribution in [-0.2, 0) is 17.8 Å². The van der Waals surface area contributed by atoms with Crippen LogP contribution in [0.15, 0.2) is 59.1 Å². The van der Waals surface area contributed by atoms with Gasteiger partial charge in [0.05, 0.1) is 19.8 Å². The number of hydrogen-bond donors (Lipinski definition) is 1. The van der Waals surface area contributed by atoms with Crippen molar-refractivity contribution in [3.05, 3.63) is 77.4 Å². The molecule has 4 rings (SSSR count). The fourth-order valence-corrected chi connectivity index (χ4v) is 6.48. The number of aryl methyl sites for hydroxylation is 1. The van der Waals surface area contributed by atoms with Gasteiger partial charge in [0.15, 0.2) is 5.58 Å². The molecule has 0 radical (unpaired) electrons. The van der Waals surface area contributed by atoms with Gasteiger partial charge in [-0.2, -0.15) is 0 Å². The van der Waals surface area contributed by atoms with E-state index in [1.165, 1.54) is 0 Å². The van der Waals surface area contributed by atoms with Crippen molar-refractivity contribution in [2.45, 2.75) is 64.5 Å². The molecule has 2 atom stereocenters. The molecule has 0 aliphatic heterocycles. The van der Waals surface area contributed by atoms with Gasteiger partial charge >= 0.3 is 0 Å². The minimum absolute atomic E-state index is 0.250. The monoisotopic (exact) mass is 523 g/mol. The van der Waals surface area contributed by atoms with Crippen LogP contribution in [0.2, 0.25) is 19.6 Å². The first-order chi connectivity index (χ1) is 16.9. The highest BCUT2D eigenvalue weighted by molar-refractivity contribution is 7.90. The Bertz CT molecular complexity index is 1380. The van der Waals surface area contributed by atoms with Gasteiger partial charge in [0, 0.05) is 34.4 Å². The van der Waals surface area contributed by atoms with Crippen LogP contribution in [0.25, 0.3) is 22.2 Å². The summed E-state index contributed by atoms with van der Waals surface area (Å²) in [4.78, 5) is 4.60. The zero-order valence-electron chi connectivity index (χ0n) is 22.0. The molecule has 0 unspecified atom stereocenters. The van der Waals surface area contributed by atoms with Gasteiger partial charge in [0.25, 0.3) is 0 Å². The Morgan fingerprint density at radius 2 is 1.75 bits per heavy atom. The standard InChI is InChI=1S/C28H34FN3O2SSi/c1-18-16-25(36(5,6)7)26(29)23(30-18)17-22(32-35(33)28(2,3)4)19-12-8-9-13-20(19)27-21-14-10-11-15-24(21)34-31-27/h8-16,22,32H,17H2,1-7H3/t22-,35-/m0/s1. The molecule has 0 aliphatic rings. The summed E-state index contributed by atoms with van der Waals surface area (Å²) < 4.78 is 37.5. The number of para-hydroxylation sites is 1. The van der Waals surface area contributed by atoms with Gasteiger partial charge in [-0.3, -0.25) is 4.98 Å². The van der Waals surface area contributed by atoms with Crippen LogP contribution < -0.4 is 9.91 Å². The average Bonchev–Trinajstić information content (AvgIpc) is 3.23. The summed E-state index contributed by atoms with van der Waals surface area (Å²) in [7, 11) is -1.94. The van der Waals surface area contributed by atoms with Gasteiger partial charge in [-0.1, -0.05) is 61.2 Å². The van der Waals surface area contributed by atoms with Gasteiger partial charge in [0.2, 0.25) is 0 Å². The zero-order valence-corrected chi connectivity index (χ0v) is 23.8. The number of fused-ring (bicyclic) bond motifs is 1. The predicted octanol–water partition coefficient (Wildman–Crippen LogP) is 6.22. The summed E-state index contributed by atoms with van der Waals surface area (Å²) >= 11 is -1.39.